The number of nitrogens with one attached hydrogen (secondary N) is 1. The van der Waals surface area contributed by atoms with Crippen LogP contribution in [-0.2, 0) is 12.7 Å². The standard InChI is InChI=1S/C12H9F3N2O4S/c1-5-7(10(19)20)2-6(21-5)3-16-9(18)8-4-22-11(17-8)12(13,14)15/h2,4H,3H2,1H3,(H,16,18)(H,19,20). The topological polar surface area (TPSA) is 92.4 Å². The first-order valence-corrected chi connectivity index (χ1v) is 6.70. The van der Waals surface area contributed by atoms with Crippen LogP contribution in [0.5, 0.6) is 0 Å². The van der Waals surface area contributed by atoms with E-state index in [1.165, 1.54) is 13.0 Å². The number of thiazole rings is 1. The zero-order chi connectivity index (χ0) is 16.5. The number of aromatic carboxylic acids is 1. The van der Waals surface area contributed by atoms with Gasteiger partial charge in [0, 0.05) is 5.38 Å². The first-order valence-electron chi connectivity index (χ1n) is 5.82. The number of carboxylic acids is 1. The van der Waals surface area contributed by atoms with Crippen molar-refractivity contribution >= 4 is 23.2 Å². The number of rotatable bonds is 4. The zero-order valence-electron chi connectivity index (χ0n) is 11.0. The Morgan fingerprint density at radius 2 is 2.14 bits per heavy atom. The third-order valence-electron chi connectivity index (χ3n) is 2.60. The van der Waals surface area contributed by atoms with Crippen molar-refractivity contribution < 1.29 is 32.3 Å². The monoisotopic (exact) mass is 334 g/mol. The molecule has 2 heterocycles. The zero-order valence-corrected chi connectivity index (χ0v) is 11.8. The van der Waals surface area contributed by atoms with E-state index in [0.717, 1.165) is 5.38 Å². The van der Waals surface area contributed by atoms with Gasteiger partial charge in [-0.2, -0.15) is 13.2 Å². The molecule has 118 valence electrons. The van der Waals surface area contributed by atoms with Gasteiger partial charge in [0.05, 0.1) is 6.54 Å². The summed E-state index contributed by atoms with van der Waals surface area (Å²) >= 11 is 0.319. The van der Waals surface area contributed by atoms with E-state index in [9.17, 15) is 22.8 Å². The van der Waals surface area contributed by atoms with Gasteiger partial charge in [-0.15, -0.1) is 11.3 Å². The number of aromatic nitrogens is 1. The van der Waals surface area contributed by atoms with Crippen LogP contribution in [0.3, 0.4) is 0 Å². The Labute approximate surface area is 125 Å². The van der Waals surface area contributed by atoms with Gasteiger partial charge in [0.2, 0.25) is 0 Å². The van der Waals surface area contributed by atoms with Gasteiger partial charge in [0.15, 0.2) is 5.01 Å². The molecule has 0 aromatic carbocycles. The highest BCUT2D eigenvalue weighted by atomic mass is 32.1. The van der Waals surface area contributed by atoms with Crippen LogP contribution in [0.2, 0.25) is 0 Å². The second-order valence-electron chi connectivity index (χ2n) is 4.21. The molecule has 0 aliphatic carbocycles. The van der Waals surface area contributed by atoms with Gasteiger partial charge in [0.1, 0.15) is 22.8 Å². The molecule has 6 nitrogen and oxygen atoms in total. The predicted octanol–water partition coefficient (Wildman–Crippen LogP) is 2.69. The molecule has 2 aromatic heterocycles. The summed E-state index contributed by atoms with van der Waals surface area (Å²) in [6, 6.07) is 1.24. The third kappa shape index (κ3) is 3.45. The third-order valence-corrected chi connectivity index (χ3v) is 3.49. The number of nitrogens with zero attached hydrogens (tertiary/aromatic N) is 1. The smallest absolute Gasteiger partial charge is 0.443 e. The molecule has 0 atom stereocenters. The SMILES string of the molecule is Cc1oc(CNC(=O)c2csc(C(F)(F)F)n2)cc1C(=O)O. The van der Waals surface area contributed by atoms with Crippen molar-refractivity contribution in [3.8, 4) is 0 Å². The summed E-state index contributed by atoms with van der Waals surface area (Å²) in [5.74, 6) is -1.63. The summed E-state index contributed by atoms with van der Waals surface area (Å²) in [6.45, 7) is 1.29. The number of amides is 1. The van der Waals surface area contributed by atoms with E-state index in [1.54, 1.807) is 0 Å². The largest absolute Gasteiger partial charge is 0.478 e. The number of carboxylic acid groups (broad SMARTS) is 1. The van der Waals surface area contributed by atoms with Crippen LogP contribution in [-0.4, -0.2) is 22.0 Å². The molecule has 0 aliphatic heterocycles. The van der Waals surface area contributed by atoms with Gasteiger partial charge in [-0.3, -0.25) is 4.79 Å². The second kappa shape index (κ2) is 5.79. The van der Waals surface area contributed by atoms with Crippen molar-refractivity contribution in [2.24, 2.45) is 0 Å². The molecule has 10 heteroatoms. The van der Waals surface area contributed by atoms with Crippen LogP contribution in [0, 0.1) is 6.92 Å². The minimum absolute atomic E-state index is 0.0442. The molecular weight excluding hydrogens is 325 g/mol. The summed E-state index contributed by atoms with van der Waals surface area (Å²) in [5, 5.41) is 11.0. The Morgan fingerprint density at radius 1 is 1.45 bits per heavy atom. The molecule has 0 aliphatic rings. The highest BCUT2D eigenvalue weighted by molar-refractivity contribution is 7.09. The molecular formula is C12H9F3N2O4S. The van der Waals surface area contributed by atoms with Crippen LogP contribution in [0.25, 0.3) is 0 Å². The lowest BCUT2D eigenvalue weighted by molar-refractivity contribution is -0.137. The van der Waals surface area contributed by atoms with Crippen molar-refractivity contribution in [2.75, 3.05) is 0 Å². The van der Waals surface area contributed by atoms with Crippen molar-refractivity contribution in [1.82, 2.24) is 10.3 Å². The molecule has 2 rings (SSSR count). The van der Waals surface area contributed by atoms with Crippen LogP contribution in [0.4, 0.5) is 13.2 Å². The lowest BCUT2D eigenvalue weighted by atomic mass is 10.2. The molecule has 0 radical (unpaired) electrons. The first-order chi connectivity index (χ1) is 10.2. The van der Waals surface area contributed by atoms with Gasteiger partial charge in [-0.05, 0) is 13.0 Å². The quantitative estimate of drug-likeness (QED) is 0.897. The molecule has 0 saturated heterocycles. The van der Waals surface area contributed by atoms with E-state index in [4.69, 9.17) is 9.52 Å². The molecule has 0 unspecified atom stereocenters. The average Bonchev–Trinajstić information content (AvgIpc) is 3.01. The van der Waals surface area contributed by atoms with Gasteiger partial charge < -0.3 is 14.8 Å². The Hall–Kier alpha value is -2.36. The van der Waals surface area contributed by atoms with Gasteiger partial charge in [-0.25, -0.2) is 9.78 Å². The van der Waals surface area contributed by atoms with E-state index in [2.05, 4.69) is 10.3 Å². The normalized spacial score (nSPS) is 11.5. The van der Waals surface area contributed by atoms with E-state index in [0.29, 0.717) is 11.3 Å². The Bertz CT molecular complexity index is 720. The summed E-state index contributed by atoms with van der Waals surface area (Å²) in [5.41, 5.74) is -0.406. The molecule has 2 N–H and O–H groups in total. The summed E-state index contributed by atoms with van der Waals surface area (Å²) in [7, 11) is 0. The summed E-state index contributed by atoms with van der Waals surface area (Å²) in [6.07, 6.45) is -4.60. The summed E-state index contributed by atoms with van der Waals surface area (Å²) in [4.78, 5) is 25.7. The van der Waals surface area contributed by atoms with Crippen LogP contribution < -0.4 is 5.32 Å². The molecule has 0 spiro atoms. The predicted molar refractivity (Wildman–Crippen MR) is 68.7 cm³/mol. The second-order valence-corrected chi connectivity index (χ2v) is 5.06. The van der Waals surface area contributed by atoms with Crippen LogP contribution in [0.1, 0.15) is 37.4 Å². The lowest BCUT2D eigenvalue weighted by Crippen LogP contribution is -2.23. The number of halogens is 3. The molecule has 22 heavy (non-hydrogen) atoms. The Balaban J connectivity index is 2.02. The number of alkyl halides is 3. The van der Waals surface area contributed by atoms with Gasteiger partial charge in [0.25, 0.3) is 5.91 Å². The fourth-order valence-corrected chi connectivity index (χ4v) is 2.28. The Kier molecular flexibility index (Phi) is 4.22. The fourth-order valence-electron chi connectivity index (χ4n) is 1.61. The lowest BCUT2D eigenvalue weighted by Gasteiger charge is -2.01. The van der Waals surface area contributed by atoms with Gasteiger partial charge in [-0.1, -0.05) is 0 Å². The van der Waals surface area contributed by atoms with E-state index >= 15 is 0 Å². The number of hydrogen-bond acceptors (Lipinski definition) is 5. The number of hydrogen-bond donors (Lipinski definition) is 2. The minimum Gasteiger partial charge on any atom is -0.478 e. The Morgan fingerprint density at radius 3 is 2.64 bits per heavy atom. The highest BCUT2D eigenvalue weighted by Gasteiger charge is 2.35. The molecule has 0 saturated carbocycles. The van der Waals surface area contributed by atoms with E-state index < -0.39 is 23.1 Å². The van der Waals surface area contributed by atoms with Crippen molar-refractivity contribution in [1.29, 1.82) is 0 Å². The number of carbonyl (C=O) groups excluding carboxylic acids is 1. The average molecular weight is 334 g/mol. The van der Waals surface area contributed by atoms with Crippen molar-refractivity contribution in [2.45, 2.75) is 19.6 Å². The van der Waals surface area contributed by atoms with E-state index in [1.807, 2.05) is 0 Å². The number of carbonyl (C=O) groups is 2. The minimum atomic E-state index is -4.60. The van der Waals surface area contributed by atoms with Crippen LogP contribution >= 0.6 is 11.3 Å². The van der Waals surface area contributed by atoms with E-state index in [-0.39, 0.29) is 29.3 Å². The maximum absolute atomic E-state index is 12.4. The molecule has 0 fully saturated rings. The number of furan rings is 1. The highest BCUT2D eigenvalue weighted by Crippen LogP contribution is 2.31. The number of aryl methyl sites for hydroxylation is 1. The maximum Gasteiger partial charge on any atom is 0.443 e. The van der Waals surface area contributed by atoms with Crippen molar-refractivity contribution in [3.05, 3.63) is 39.2 Å². The summed E-state index contributed by atoms with van der Waals surface area (Å²) < 4.78 is 42.3. The van der Waals surface area contributed by atoms with Crippen molar-refractivity contribution in [3.63, 3.8) is 0 Å². The fraction of sp³-hybridized carbons (Fsp3) is 0.250. The van der Waals surface area contributed by atoms with Crippen LogP contribution in [0.15, 0.2) is 15.9 Å². The van der Waals surface area contributed by atoms with Gasteiger partial charge >= 0.3 is 12.1 Å². The first kappa shape index (κ1) is 16.0. The molecule has 0 bridgehead atoms. The maximum atomic E-state index is 12.4. The molecule has 1 amide bonds. The molecule has 2 aromatic rings.